The lowest BCUT2D eigenvalue weighted by atomic mass is 10.2. The first-order valence-electron chi connectivity index (χ1n) is 6.22. The van der Waals surface area contributed by atoms with Gasteiger partial charge in [-0.25, -0.2) is 8.42 Å². The molecular weight excluding hydrogens is 302 g/mol. The van der Waals surface area contributed by atoms with Gasteiger partial charge in [0.15, 0.2) is 5.75 Å². The summed E-state index contributed by atoms with van der Waals surface area (Å²) in [4.78, 5) is 11.6. The molecule has 0 bridgehead atoms. The number of unbranched alkanes of at least 4 members (excludes halogenated alkanes) is 1. The average molecular weight is 320 g/mol. The summed E-state index contributed by atoms with van der Waals surface area (Å²) in [6, 6.07) is 3.05. The zero-order valence-electron chi connectivity index (χ0n) is 11.7. The molecule has 0 saturated heterocycles. The van der Waals surface area contributed by atoms with Gasteiger partial charge in [0.1, 0.15) is 4.90 Å². The van der Waals surface area contributed by atoms with Crippen molar-refractivity contribution in [2.45, 2.75) is 38.0 Å². The fourth-order valence-electron chi connectivity index (χ4n) is 1.77. The van der Waals surface area contributed by atoms with Gasteiger partial charge in [0.05, 0.1) is 12.8 Å². The lowest BCUT2D eigenvalue weighted by Gasteiger charge is -2.14. The number of anilines is 1. The molecule has 0 aromatic heterocycles. The van der Waals surface area contributed by atoms with E-state index in [0.717, 1.165) is 12.8 Å². The van der Waals surface area contributed by atoms with Crippen LogP contribution in [0.25, 0.3) is 0 Å². The monoisotopic (exact) mass is 319 g/mol. The minimum absolute atomic E-state index is 0.0513. The molecule has 0 aliphatic heterocycles. The molecular formula is C13H18ClNO4S. The van der Waals surface area contributed by atoms with Crippen LogP contribution in [0.5, 0.6) is 5.75 Å². The van der Waals surface area contributed by atoms with Crippen molar-refractivity contribution in [3.8, 4) is 5.75 Å². The van der Waals surface area contributed by atoms with Gasteiger partial charge in [-0.3, -0.25) is 4.79 Å². The van der Waals surface area contributed by atoms with E-state index in [0.29, 0.717) is 17.7 Å². The Morgan fingerprint density at radius 2 is 2.05 bits per heavy atom. The molecule has 0 atom stereocenters. The average Bonchev–Trinajstić information content (AvgIpc) is 2.34. The van der Waals surface area contributed by atoms with Gasteiger partial charge in [-0.05, 0) is 31.0 Å². The summed E-state index contributed by atoms with van der Waals surface area (Å²) in [7, 11) is 2.77. The maximum atomic E-state index is 11.8. The Labute approximate surface area is 123 Å². The number of nitrogens with one attached hydrogen (secondary N) is 1. The van der Waals surface area contributed by atoms with Crippen LogP contribution in [0.1, 0.15) is 31.7 Å². The number of carbonyl (C=O) groups is 1. The van der Waals surface area contributed by atoms with Crippen molar-refractivity contribution in [2.24, 2.45) is 0 Å². The minimum Gasteiger partial charge on any atom is -0.493 e. The summed E-state index contributed by atoms with van der Waals surface area (Å²) in [5.74, 6) is -0.135. The normalized spacial score (nSPS) is 11.2. The van der Waals surface area contributed by atoms with E-state index in [2.05, 4.69) is 5.32 Å². The van der Waals surface area contributed by atoms with E-state index in [1.54, 1.807) is 13.0 Å². The van der Waals surface area contributed by atoms with E-state index in [-0.39, 0.29) is 16.6 Å². The highest BCUT2D eigenvalue weighted by molar-refractivity contribution is 8.13. The van der Waals surface area contributed by atoms with E-state index < -0.39 is 9.05 Å². The van der Waals surface area contributed by atoms with Crippen LogP contribution >= 0.6 is 10.7 Å². The van der Waals surface area contributed by atoms with Gasteiger partial charge in [-0.2, -0.15) is 0 Å². The van der Waals surface area contributed by atoms with Crippen LogP contribution in [0.15, 0.2) is 17.0 Å². The van der Waals surface area contributed by atoms with Crippen LogP contribution in [0.2, 0.25) is 0 Å². The molecule has 1 amide bonds. The van der Waals surface area contributed by atoms with Crippen LogP contribution in [0.4, 0.5) is 5.69 Å². The van der Waals surface area contributed by atoms with Gasteiger partial charge in [0, 0.05) is 17.1 Å². The van der Waals surface area contributed by atoms with Crippen LogP contribution in [0.3, 0.4) is 0 Å². The van der Waals surface area contributed by atoms with Crippen LogP contribution in [-0.4, -0.2) is 21.4 Å². The maximum Gasteiger partial charge on any atom is 0.265 e. The second-order valence-electron chi connectivity index (χ2n) is 4.43. The quantitative estimate of drug-likeness (QED) is 0.818. The number of carbonyl (C=O) groups excluding carboxylic acids is 1. The van der Waals surface area contributed by atoms with E-state index in [4.69, 9.17) is 15.4 Å². The van der Waals surface area contributed by atoms with Crippen molar-refractivity contribution >= 4 is 31.3 Å². The second-order valence-corrected chi connectivity index (χ2v) is 6.97. The third-order valence-electron chi connectivity index (χ3n) is 2.70. The lowest BCUT2D eigenvalue weighted by molar-refractivity contribution is -0.116. The summed E-state index contributed by atoms with van der Waals surface area (Å²) >= 11 is 0. The molecule has 0 radical (unpaired) electrons. The molecule has 0 aliphatic carbocycles. The number of ether oxygens (including phenoxy) is 1. The van der Waals surface area contributed by atoms with Gasteiger partial charge < -0.3 is 10.1 Å². The summed E-state index contributed by atoms with van der Waals surface area (Å²) < 4.78 is 28.2. The Kier molecular flexibility index (Phi) is 5.83. The second kappa shape index (κ2) is 6.95. The molecule has 0 unspecified atom stereocenters. The number of halogens is 1. The maximum absolute atomic E-state index is 11.8. The number of hydrogen-bond donors (Lipinski definition) is 1. The summed E-state index contributed by atoms with van der Waals surface area (Å²) in [5, 5.41) is 2.66. The Hall–Kier alpha value is -1.27. The number of amides is 1. The number of aryl methyl sites for hydroxylation is 1. The highest BCUT2D eigenvalue weighted by Gasteiger charge is 2.21. The van der Waals surface area contributed by atoms with Gasteiger partial charge >= 0.3 is 0 Å². The SMILES string of the molecule is CCCCC(=O)Nc1cc(C)cc(S(=O)(=O)Cl)c1OC. The van der Waals surface area contributed by atoms with Crippen molar-refractivity contribution in [3.63, 3.8) is 0 Å². The highest BCUT2D eigenvalue weighted by atomic mass is 35.7. The van der Waals surface area contributed by atoms with E-state index in [1.165, 1.54) is 13.2 Å². The van der Waals surface area contributed by atoms with Crippen molar-refractivity contribution in [1.29, 1.82) is 0 Å². The molecule has 1 N–H and O–H groups in total. The molecule has 5 nitrogen and oxygen atoms in total. The molecule has 1 aromatic carbocycles. The first-order valence-corrected chi connectivity index (χ1v) is 8.53. The van der Waals surface area contributed by atoms with Crippen molar-refractivity contribution in [1.82, 2.24) is 0 Å². The lowest BCUT2D eigenvalue weighted by Crippen LogP contribution is -2.13. The molecule has 0 aliphatic rings. The van der Waals surface area contributed by atoms with E-state index in [1.807, 2.05) is 6.92 Å². The Morgan fingerprint density at radius 1 is 1.40 bits per heavy atom. The zero-order chi connectivity index (χ0) is 15.3. The van der Waals surface area contributed by atoms with Gasteiger partial charge in [0.25, 0.3) is 9.05 Å². The fraction of sp³-hybridized carbons (Fsp3) is 0.462. The predicted molar refractivity (Wildman–Crippen MR) is 78.9 cm³/mol. The van der Waals surface area contributed by atoms with E-state index >= 15 is 0 Å². The molecule has 112 valence electrons. The summed E-state index contributed by atoms with van der Waals surface area (Å²) in [6.45, 7) is 3.70. The molecule has 7 heteroatoms. The molecule has 0 saturated carbocycles. The van der Waals surface area contributed by atoms with Crippen molar-refractivity contribution in [3.05, 3.63) is 17.7 Å². The Bertz CT molecular complexity index is 599. The van der Waals surface area contributed by atoms with Crippen molar-refractivity contribution in [2.75, 3.05) is 12.4 Å². The van der Waals surface area contributed by atoms with Crippen LogP contribution < -0.4 is 10.1 Å². The first-order chi connectivity index (χ1) is 9.29. The fourth-order valence-corrected chi connectivity index (χ4v) is 2.86. The predicted octanol–water partition coefficient (Wildman–Crippen LogP) is 3.06. The number of methoxy groups -OCH3 is 1. The van der Waals surface area contributed by atoms with Crippen molar-refractivity contribution < 1.29 is 17.9 Å². The molecule has 0 fully saturated rings. The van der Waals surface area contributed by atoms with Gasteiger partial charge in [-0.1, -0.05) is 13.3 Å². The molecule has 0 heterocycles. The molecule has 0 spiro atoms. The van der Waals surface area contributed by atoms with Crippen LogP contribution in [-0.2, 0) is 13.8 Å². The molecule has 1 rings (SSSR count). The topological polar surface area (TPSA) is 72.5 Å². The number of hydrogen-bond acceptors (Lipinski definition) is 4. The zero-order valence-corrected chi connectivity index (χ0v) is 13.3. The molecule has 1 aromatic rings. The minimum atomic E-state index is -3.95. The first kappa shape index (κ1) is 16.8. The Balaban J connectivity index is 3.19. The molecule has 20 heavy (non-hydrogen) atoms. The Morgan fingerprint density at radius 3 is 2.55 bits per heavy atom. The van der Waals surface area contributed by atoms with Gasteiger partial charge in [0.2, 0.25) is 5.91 Å². The van der Waals surface area contributed by atoms with Gasteiger partial charge in [-0.15, -0.1) is 0 Å². The summed E-state index contributed by atoms with van der Waals surface area (Å²) in [5.41, 5.74) is 0.976. The highest BCUT2D eigenvalue weighted by Crippen LogP contribution is 2.35. The standard InChI is InChI=1S/C13H18ClNO4S/c1-4-5-6-12(16)15-10-7-9(2)8-11(13(10)19-3)20(14,17)18/h7-8H,4-6H2,1-3H3,(H,15,16). The van der Waals surface area contributed by atoms with E-state index in [9.17, 15) is 13.2 Å². The summed E-state index contributed by atoms with van der Waals surface area (Å²) in [6.07, 6.45) is 2.04. The van der Waals surface area contributed by atoms with Crippen LogP contribution in [0, 0.1) is 6.92 Å². The smallest absolute Gasteiger partial charge is 0.265 e. The third kappa shape index (κ3) is 4.38. The number of benzene rings is 1. The third-order valence-corrected chi connectivity index (χ3v) is 4.02. The largest absolute Gasteiger partial charge is 0.493 e. The number of rotatable bonds is 6.